The normalized spacial score (nSPS) is 12.5. The zero-order valence-electron chi connectivity index (χ0n) is 12.2. The fraction of sp³-hybridized carbons (Fsp3) is 0.571. The molecule has 0 N–H and O–H groups in total. The largest absolute Gasteiger partial charge is 0.492 e. The number of rotatable bonds is 5. The van der Waals surface area contributed by atoms with E-state index in [1.165, 1.54) is 0 Å². The predicted molar refractivity (Wildman–Crippen MR) is 87.5 cm³/mol. The molecule has 0 heterocycles. The first-order valence-corrected chi connectivity index (χ1v) is 9.26. The lowest BCUT2D eigenvalue weighted by Crippen LogP contribution is -2.32. The molecule has 0 spiro atoms. The van der Waals surface area contributed by atoms with E-state index in [0.717, 1.165) is 15.6 Å². The van der Waals surface area contributed by atoms with Crippen LogP contribution in [0.15, 0.2) is 16.6 Å². The third kappa shape index (κ3) is 4.37. The van der Waals surface area contributed by atoms with Crippen molar-refractivity contribution in [1.29, 1.82) is 0 Å². The SMILES string of the molecule is Cc1cc(Br)cc(CCl)c1OCCS(=O)(=O)C(C)(C)C. The number of hydrogen-bond acceptors (Lipinski definition) is 3. The summed E-state index contributed by atoms with van der Waals surface area (Å²) in [5.74, 6) is 0.988. The van der Waals surface area contributed by atoms with Gasteiger partial charge >= 0.3 is 0 Å². The lowest BCUT2D eigenvalue weighted by Gasteiger charge is -2.20. The molecule has 0 atom stereocenters. The summed E-state index contributed by atoms with van der Waals surface area (Å²) in [5.41, 5.74) is 1.79. The second kappa shape index (κ2) is 6.67. The molecule has 0 aliphatic rings. The standard InChI is InChI=1S/C14H20BrClO3S/c1-10-7-12(15)8-11(9-16)13(10)19-5-6-20(17,18)14(2,3)4/h7-8H,5-6,9H2,1-4H3. The molecule has 3 nitrogen and oxygen atoms in total. The molecule has 1 aromatic rings. The summed E-state index contributed by atoms with van der Waals surface area (Å²) in [6.45, 7) is 7.12. The molecule has 114 valence electrons. The van der Waals surface area contributed by atoms with Crippen LogP contribution in [0.25, 0.3) is 0 Å². The number of sulfone groups is 1. The van der Waals surface area contributed by atoms with Gasteiger partial charge in [-0.25, -0.2) is 8.42 Å². The van der Waals surface area contributed by atoms with Crippen molar-refractivity contribution in [3.05, 3.63) is 27.7 Å². The Bertz CT molecular complexity index is 577. The van der Waals surface area contributed by atoms with E-state index >= 15 is 0 Å². The van der Waals surface area contributed by atoms with Crippen molar-refractivity contribution >= 4 is 37.4 Å². The maximum Gasteiger partial charge on any atom is 0.158 e. The minimum Gasteiger partial charge on any atom is -0.492 e. The van der Waals surface area contributed by atoms with Crippen LogP contribution >= 0.6 is 27.5 Å². The molecule has 0 radical (unpaired) electrons. The minimum absolute atomic E-state index is 0.00622. The average Bonchev–Trinajstić information content (AvgIpc) is 2.29. The first-order chi connectivity index (χ1) is 9.08. The van der Waals surface area contributed by atoms with Gasteiger partial charge in [-0.15, -0.1) is 11.6 Å². The smallest absolute Gasteiger partial charge is 0.158 e. The van der Waals surface area contributed by atoms with E-state index in [4.69, 9.17) is 16.3 Å². The Balaban J connectivity index is 2.82. The van der Waals surface area contributed by atoms with Gasteiger partial charge < -0.3 is 4.74 Å². The Kier molecular flexibility index (Phi) is 5.93. The summed E-state index contributed by atoms with van der Waals surface area (Å²) >= 11 is 9.30. The van der Waals surface area contributed by atoms with Gasteiger partial charge in [0.25, 0.3) is 0 Å². The first kappa shape index (κ1) is 17.8. The van der Waals surface area contributed by atoms with Crippen molar-refractivity contribution in [1.82, 2.24) is 0 Å². The second-order valence-corrected chi connectivity index (χ2v) is 9.67. The third-order valence-corrected chi connectivity index (χ3v) is 6.31. The maximum atomic E-state index is 12.0. The molecule has 0 aliphatic carbocycles. The number of halogens is 2. The van der Waals surface area contributed by atoms with E-state index in [9.17, 15) is 8.42 Å². The van der Waals surface area contributed by atoms with E-state index in [0.29, 0.717) is 11.6 Å². The molecule has 0 aliphatic heterocycles. The lowest BCUT2D eigenvalue weighted by molar-refractivity contribution is 0.334. The van der Waals surface area contributed by atoms with E-state index in [-0.39, 0.29) is 12.4 Å². The van der Waals surface area contributed by atoms with Crippen LogP contribution in [0.4, 0.5) is 0 Å². The molecule has 0 saturated carbocycles. The quantitative estimate of drug-likeness (QED) is 0.719. The van der Waals surface area contributed by atoms with Gasteiger partial charge in [0.2, 0.25) is 0 Å². The van der Waals surface area contributed by atoms with Crippen LogP contribution < -0.4 is 4.74 Å². The summed E-state index contributed by atoms with van der Waals surface area (Å²) in [5, 5.41) is 0. The summed E-state index contributed by atoms with van der Waals surface area (Å²) in [6.07, 6.45) is 0. The van der Waals surface area contributed by atoms with E-state index in [2.05, 4.69) is 15.9 Å². The van der Waals surface area contributed by atoms with Crippen molar-refractivity contribution in [2.45, 2.75) is 38.3 Å². The molecule has 0 amide bonds. The van der Waals surface area contributed by atoms with Gasteiger partial charge in [0, 0.05) is 10.0 Å². The molecule has 0 unspecified atom stereocenters. The van der Waals surface area contributed by atoms with Crippen LogP contribution in [-0.4, -0.2) is 25.5 Å². The molecule has 0 aromatic heterocycles. The van der Waals surface area contributed by atoms with Gasteiger partial charge in [0.1, 0.15) is 12.4 Å². The zero-order chi connectivity index (χ0) is 15.6. The number of ether oxygens (including phenoxy) is 1. The number of aryl methyl sites for hydroxylation is 1. The Labute approximate surface area is 134 Å². The molecule has 6 heteroatoms. The molecule has 1 aromatic carbocycles. The van der Waals surface area contributed by atoms with Gasteiger partial charge in [-0.05, 0) is 45.4 Å². The maximum absolute atomic E-state index is 12.0. The predicted octanol–water partition coefficient (Wildman–Crippen LogP) is 4.09. The van der Waals surface area contributed by atoms with E-state index < -0.39 is 14.6 Å². The Hall–Kier alpha value is -0.260. The van der Waals surface area contributed by atoms with E-state index in [1.807, 2.05) is 19.1 Å². The van der Waals surface area contributed by atoms with Gasteiger partial charge in [0.05, 0.1) is 16.4 Å². The molecule has 20 heavy (non-hydrogen) atoms. The number of alkyl halides is 1. The highest BCUT2D eigenvalue weighted by atomic mass is 79.9. The van der Waals surface area contributed by atoms with Crippen molar-refractivity contribution in [2.75, 3.05) is 12.4 Å². The van der Waals surface area contributed by atoms with Crippen LogP contribution in [0.1, 0.15) is 31.9 Å². The van der Waals surface area contributed by atoms with Gasteiger partial charge in [-0.2, -0.15) is 0 Å². The van der Waals surface area contributed by atoms with Crippen LogP contribution in [-0.2, 0) is 15.7 Å². The van der Waals surface area contributed by atoms with Crippen molar-refractivity contribution in [3.8, 4) is 5.75 Å². The minimum atomic E-state index is -3.18. The zero-order valence-corrected chi connectivity index (χ0v) is 15.3. The van der Waals surface area contributed by atoms with E-state index in [1.54, 1.807) is 20.8 Å². The molecular formula is C14H20BrClO3S. The fourth-order valence-corrected chi connectivity index (χ4v) is 3.40. The van der Waals surface area contributed by atoms with Crippen LogP contribution in [0.3, 0.4) is 0 Å². The Morgan fingerprint density at radius 1 is 1.30 bits per heavy atom. The second-order valence-electron chi connectivity index (χ2n) is 5.62. The highest BCUT2D eigenvalue weighted by Gasteiger charge is 2.28. The molecule has 0 fully saturated rings. The average molecular weight is 384 g/mol. The first-order valence-electron chi connectivity index (χ1n) is 6.28. The van der Waals surface area contributed by atoms with Crippen LogP contribution in [0.2, 0.25) is 0 Å². The molecule has 0 saturated heterocycles. The highest BCUT2D eigenvalue weighted by Crippen LogP contribution is 2.29. The Morgan fingerprint density at radius 3 is 2.40 bits per heavy atom. The van der Waals surface area contributed by atoms with Crippen LogP contribution in [0.5, 0.6) is 5.75 Å². The summed E-state index contributed by atoms with van der Waals surface area (Å²) in [4.78, 5) is 0. The van der Waals surface area contributed by atoms with Gasteiger partial charge in [-0.3, -0.25) is 0 Å². The summed E-state index contributed by atoms with van der Waals surface area (Å²) in [7, 11) is -3.18. The molecule has 1 rings (SSSR count). The van der Waals surface area contributed by atoms with Gasteiger partial charge in [0.15, 0.2) is 9.84 Å². The fourth-order valence-electron chi connectivity index (χ4n) is 1.66. The van der Waals surface area contributed by atoms with Crippen LogP contribution in [0, 0.1) is 6.92 Å². The highest BCUT2D eigenvalue weighted by molar-refractivity contribution is 9.10. The molecular weight excluding hydrogens is 364 g/mol. The Morgan fingerprint density at radius 2 is 1.90 bits per heavy atom. The third-order valence-electron chi connectivity index (χ3n) is 2.99. The summed E-state index contributed by atoms with van der Waals surface area (Å²) < 4.78 is 29.9. The van der Waals surface area contributed by atoms with Crippen molar-refractivity contribution in [2.24, 2.45) is 0 Å². The lowest BCUT2D eigenvalue weighted by atomic mass is 10.1. The van der Waals surface area contributed by atoms with Crippen molar-refractivity contribution < 1.29 is 13.2 Å². The topological polar surface area (TPSA) is 43.4 Å². The summed E-state index contributed by atoms with van der Waals surface area (Å²) in [6, 6.07) is 3.80. The van der Waals surface area contributed by atoms with Gasteiger partial charge in [-0.1, -0.05) is 15.9 Å². The molecule has 0 bridgehead atoms. The number of hydrogen-bond donors (Lipinski definition) is 0. The number of benzene rings is 1. The monoisotopic (exact) mass is 382 g/mol. The van der Waals surface area contributed by atoms with Crippen molar-refractivity contribution in [3.63, 3.8) is 0 Å².